The topological polar surface area (TPSA) is 87.7 Å². The molecule has 1 aromatic heterocycles. The molecule has 3 heterocycles. The molecule has 0 aliphatic carbocycles. The van der Waals surface area contributed by atoms with Gasteiger partial charge in [-0.05, 0) is 30.3 Å². The van der Waals surface area contributed by atoms with Gasteiger partial charge >= 0.3 is 0 Å². The molecule has 2 atom stereocenters. The third kappa shape index (κ3) is 4.65. The summed E-state index contributed by atoms with van der Waals surface area (Å²) < 4.78 is 51.4. The summed E-state index contributed by atoms with van der Waals surface area (Å²) in [7, 11) is -3.81. The Balaban J connectivity index is 1.45. The molecule has 180 valence electrons. The summed E-state index contributed by atoms with van der Waals surface area (Å²) in [4.78, 5) is 8.87. The molecule has 0 bridgehead atoms. The van der Waals surface area contributed by atoms with Crippen LogP contribution in [-0.4, -0.2) is 60.4 Å². The predicted octanol–water partition coefficient (Wildman–Crippen LogP) is 3.68. The zero-order valence-corrected chi connectivity index (χ0v) is 20.4. The highest BCUT2D eigenvalue weighted by Gasteiger charge is 2.36. The normalized spacial score (nSPS) is 21.6. The van der Waals surface area contributed by atoms with Crippen molar-refractivity contribution in [2.75, 3.05) is 37.5 Å². The molecule has 1 N–H and O–H groups in total. The minimum atomic E-state index is -3.81. The van der Waals surface area contributed by atoms with Crippen LogP contribution >= 0.6 is 11.5 Å². The largest absolute Gasteiger partial charge is 0.493 e. The van der Waals surface area contributed by atoms with E-state index in [0.717, 1.165) is 55.3 Å². The Morgan fingerprint density at radius 1 is 1.18 bits per heavy atom. The maximum Gasteiger partial charge on any atom is 0.263 e. The predicted molar refractivity (Wildman–Crippen MR) is 128 cm³/mol. The number of piperazine rings is 1. The number of fused-ring (bicyclic) bond motifs is 1. The molecule has 34 heavy (non-hydrogen) atoms. The third-order valence-electron chi connectivity index (χ3n) is 6.49. The molecular weight excluding hydrogens is 477 g/mol. The first kappa shape index (κ1) is 23.2. The van der Waals surface area contributed by atoms with E-state index in [1.807, 2.05) is 18.2 Å². The molecule has 0 saturated carbocycles. The number of rotatable bonds is 6. The van der Waals surface area contributed by atoms with Gasteiger partial charge in [-0.15, -0.1) is 0 Å². The molecule has 11 heteroatoms. The van der Waals surface area contributed by atoms with Crippen LogP contribution in [-0.2, 0) is 10.0 Å². The number of hydrogen-bond donors (Lipinski definition) is 1. The average molecular weight is 504 g/mol. The molecule has 0 amide bonds. The molecule has 1 fully saturated rings. The van der Waals surface area contributed by atoms with Crippen LogP contribution in [0.3, 0.4) is 0 Å². The van der Waals surface area contributed by atoms with Gasteiger partial charge in [0.25, 0.3) is 10.0 Å². The van der Waals surface area contributed by atoms with Gasteiger partial charge in [0.1, 0.15) is 17.9 Å². The maximum absolute atomic E-state index is 13.6. The highest BCUT2D eigenvalue weighted by Crippen LogP contribution is 2.42. The third-order valence-corrected chi connectivity index (χ3v) is 8.54. The summed E-state index contributed by atoms with van der Waals surface area (Å²) in [5, 5.41) is 0.215. The second-order valence-electron chi connectivity index (χ2n) is 8.40. The van der Waals surface area contributed by atoms with Crippen molar-refractivity contribution in [3.8, 4) is 5.75 Å². The molecule has 0 spiro atoms. The number of aromatic nitrogens is 2. The SMILES string of the molecule is CCN1CCN(C2CCOc3cc(S(=O)(=O)Nc4ncns4)ccc32)C(c2ccc(F)cc2)C1. The first-order valence-electron chi connectivity index (χ1n) is 11.2. The Bertz CT molecular complexity index is 1240. The Morgan fingerprint density at radius 3 is 2.74 bits per heavy atom. The lowest BCUT2D eigenvalue weighted by Gasteiger charge is -2.46. The van der Waals surface area contributed by atoms with E-state index < -0.39 is 10.0 Å². The van der Waals surface area contributed by atoms with Crippen LogP contribution in [0.5, 0.6) is 5.75 Å². The standard InChI is InChI=1S/C23H26FN5O3S2/c1-2-28-10-11-29(21(14-28)16-3-5-17(24)6-4-16)20-9-12-32-22-13-18(7-8-19(20)22)34(30,31)27-23-25-15-26-33-23/h3-8,13,15,20-21H,2,9-12,14H2,1H3,(H,25,26,27). The summed E-state index contributed by atoms with van der Waals surface area (Å²) >= 11 is 0.977. The van der Waals surface area contributed by atoms with Crippen molar-refractivity contribution in [3.63, 3.8) is 0 Å². The summed E-state index contributed by atoms with van der Waals surface area (Å²) in [5.74, 6) is 0.331. The van der Waals surface area contributed by atoms with E-state index in [9.17, 15) is 12.8 Å². The zero-order valence-electron chi connectivity index (χ0n) is 18.7. The number of anilines is 1. The van der Waals surface area contributed by atoms with Crippen LogP contribution in [0.2, 0.25) is 0 Å². The Hall–Kier alpha value is -2.60. The number of likely N-dealkylation sites (N-methyl/N-ethyl adjacent to an activating group) is 1. The van der Waals surface area contributed by atoms with Gasteiger partial charge < -0.3 is 9.64 Å². The fraction of sp³-hybridized carbons (Fsp3) is 0.391. The Kier molecular flexibility index (Phi) is 6.52. The van der Waals surface area contributed by atoms with Gasteiger partial charge in [0.05, 0.1) is 11.5 Å². The number of halogens is 1. The molecular formula is C23H26FN5O3S2. The monoisotopic (exact) mass is 503 g/mol. The molecule has 2 aliphatic rings. The fourth-order valence-corrected chi connectivity index (χ4v) is 6.43. The van der Waals surface area contributed by atoms with Gasteiger partial charge in [0.2, 0.25) is 5.13 Å². The molecule has 2 aromatic carbocycles. The minimum Gasteiger partial charge on any atom is -0.493 e. The van der Waals surface area contributed by atoms with E-state index >= 15 is 0 Å². The van der Waals surface area contributed by atoms with Crippen molar-refractivity contribution >= 4 is 26.7 Å². The Morgan fingerprint density at radius 2 is 2.00 bits per heavy atom. The summed E-state index contributed by atoms with van der Waals surface area (Å²) in [6.45, 7) is 6.26. The number of ether oxygens (including phenoxy) is 1. The van der Waals surface area contributed by atoms with Crippen molar-refractivity contribution in [1.29, 1.82) is 0 Å². The van der Waals surface area contributed by atoms with E-state index in [1.54, 1.807) is 12.1 Å². The van der Waals surface area contributed by atoms with Gasteiger partial charge in [-0.1, -0.05) is 25.1 Å². The molecule has 3 aromatic rings. The van der Waals surface area contributed by atoms with Gasteiger partial charge in [-0.25, -0.2) is 17.8 Å². The van der Waals surface area contributed by atoms with Gasteiger partial charge in [-0.2, -0.15) is 4.37 Å². The van der Waals surface area contributed by atoms with E-state index in [0.29, 0.717) is 12.4 Å². The first-order valence-corrected chi connectivity index (χ1v) is 13.5. The van der Waals surface area contributed by atoms with Gasteiger partial charge in [0.15, 0.2) is 0 Å². The molecule has 2 unspecified atom stereocenters. The smallest absolute Gasteiger partial charge is 0.263 e. The highest BCUT2D eigenvalue weighted by atomic mass is 32.2. The molecule has 0 radical (unpaired) electrons. The molecule has 2 aliphatic heterocycles. The van der Waals surface area contributed by atoms with Crippen LogP contribution in [0, 0.1) is 5.82 Å². The van der Waals surface area contributed by atoms with Crippen LogP contribution < -0.4 is 9.46 Å². The zero-order chi connectivity index (χ0) is 23.7. The molecule has 1 saturated heterocycles. The minimum absolute atomic E-state index is 0.0747. The lowest BCUT2D eigenvalue weighted by molar-refractivity contribution is 0.0257. The highest BCUT2D eigenvalue weighted by molar-refractivity contribution is 7.93. The fourth-order valence-electron chi connectivity index (χ4n) is 4.75. The summed E-state index contributed by atoms with van der Waals surface area (Å²) in [6.07, 6.45) is 2.10. The van der Waals surface area contributed by atoms with Crippen LogP contribution in [0.25, 0.3) is 0 Å². The molecule has 5 rings (SSSR count). The van der Waals surface area contributed by atoms with E-state index in [4.69, 9.17) is 4.74 Å². The lowest BCUT2D eigenvalue weighted by Crippen LogP contribution is -2.50. The average Bonchev–Trinajstić information content (AvgIpc) is 3.36. The number of benzene rings is 2. The Labute approximate surface area is 202 Å². The number of nitrogens with zero attached hydrogens (tertiary/aromatic N) is 4. The van der Waals surface area contributed by atoms with Gasteiger partial charge in [-0.3, -0.25) is 9.62 Å². The maximum atomic E-state index is 13.6. The second kappa shape index (κ2) is 9.57. The second-order valence-corrected chi connectivity index (χ2v) is 10.9. The van der Waals surface area contributed by atoms with Crippen LogP contribution in [0.4, 0.5) is 9.52 Å². The number of nitrogens with one attached hydrogen (secondary N) is 1. The van der Waals surface area contributed by atoms with Crippen molar-refractivity contribution < 1.29 is 17.5 Å². The van der Waals surface area contributed by atoms with Crippen molar-refractivity contribution in [1.82, 2.24) is 19.2 Å². The summed E-state index contributed by atoms with van der Waals surface area (Å²) in [6, 6.07) is 12.0. The first-order chi connectivity index (χ1) is 16.4. The number of hydrogen-bond acceptors (Lipinski definition) is 8. The van der Waals surface area contributed by atoms with Gasteiger partial charge in [0, 0.05) is 61.3 Å². The lowest BCUT2D eigenvalue weighted by atomic mass is 9.93. The van der Waals surface area contributed by atoms with Crippen molar-refractivity contribution in [2.45, 2.75) is 30.3 Å². The summed E-state index contributed by atoms with van der Waals surface area (Å²) in [5.41, 5.74) is 2.05. The van der Waals surface area contributed by atoms with E-state index in [1.165, 1.54) is 18.5 Å². The van der Waals surface area contributed by atoms with Crippen molar-refractivity contribution in [3.05, 3.63) is 65.7 Å². The van der Waals surface area contributed by atoms with E-state index in [2.05, 4.69) is 30.8 Å². The van der Waals surface area contributed by atoms with E-state index in [-0.39, 0.29) is 27.9 Å². The van der Waals surface area contributed by atoms with Crippen LogP contribution in [0.15, 0.2) is 53.7 Å². The number of sulfonamides is 1. The molecule has 8 nitrogen and oxygen atoms in total. The quantitative estimate of drug-likeness (QED) is 0.549. The van der Waals surface area contributed by atoms with Crippen molar-refractivity contribution in [2.24, 2.45) is 0 Å². The van der Waals surface area contributed by atoms with Crippen LogP contribution in [0.1, 0.15) is 36.6 Å².